The van der Waals surface area contributed by atoms with Crippen molar-refractivity contribution in [3.63, 3.8) is 0 Å². The van der Waals surface area contributed by atoms with Crippen LogP contribution in [0.25, 0.3) is 49.9 Å². The fourth-order valence-corrected chi connectivity index (χ4v) is 10.3. The normalized spacial score (nSPS) is 12.9. The van der Waals surface area contributed by atoms with Crippen molar-refractivity contribution in [2.24, 2.45) is 0 Å². The lowest BCUT2D eigenvalue weighted by atomic mass is 9.74. The van der Waals surface area contributed by atoms with Crippen LogP contribution < -0.4 is 15.4 Å². The largest absolute Gasteiger partial charge is 0.457 e. The Kier molecular flexibility index (Phi) is 13.7. The molecule has 0 amide bonds. The maximum Gasteiger partial charge on any atom is 0.137 e. The number of aromatic nitrogens is 3. The molecule has 0 unspecified atom stereocenters. The van der Waals surface area contributed by atoms with Gasteiger partial charge >= 0.3 is 0 Å². The molecule has 0 aliphatic heterocycles. The number of para-hydroxylation sites is 1. The number of benzene rings is 6. The minimum atomic E-state index is -0.148. The Morgan fingerprint density at radius 1 is 0.395 bits per heavy atom. The number of hydrogen-bond donors (Lipinski definition) is 2. The monoisotopic (exact) mass is 1010 g/mol. The second kappa shape index (κ2) is 19.4. The lowest BCUT2D eigenvalue weighted by Crippen LogP contribution is -2.18. The van der Waals surface area contributed by atoms with Crippen LogP contribution in [-0.2, 0) is 32.5 Å². The van der Waals surface area contributed by atoms with Crippen molar-refractivity contribution in [1.29, 1.82) is 0 Å². The van der Waals surface area contributed by atoms with Crippen LogP contribution in [0.15, 0.2) is 152 Å². The maximum atomic E-state index is 6.76. The van der Waals surface area contributed by atoms with Crippen LogP contribution in [0.2, 0.25) is 0 Å². The van der Waals surface area contributed by atoms with Crippen LogP contribution in [0, 0.1) is 0 Å². The molecule has 0 spiro atoms. The van der Waals surface area contributed by atoms with Crippen molar-refractivity contribution in [1.82, 2.24) is 14.5 Å². The summed E-state index contributed by atoms with van der Waals surface area (Å²) >= 11 is 0. The van der Waals surface area contributed by atoms with Crippen molar-refractivity contribution in [2.45, 2.75) is 157 Å². The number of ether oxygens (including phenoxy) is 1. The van der Waals surface area contributed by atoms with Gasteiger partial charge in [0, 0.05) is 52.1 Å². The summed E-state index contributed by atoms with van der Waals surface area (Å²) in [5.41, 5.74) is 17.8. The zero-order valence-electron chi connectivity index (χ0n) is 48.7. The van der Waals surface area contributed by atoms with Crippen LogP contribution >= 0.6 is 0 Å². The van der Waals surface area contributed by atoms with Crippen molar-refractivity contribution >= 4 is 44.6 Å². The topological polar surface area (TPSA) is 64.0 Å². The third-order valence-electron chi connectivity index (χ3n) is 14.9. The van der Waals surface area contributed by atoms with Gasteiger partial charge in [-0.15, -0.1) is 0 Å². The Morgan fingerprint density at radius 2 is 0.934 bits per heavy atom. The van der Waals surface area contributed by atoms with E-state index in [1.54, 1.807) is 0 Å². The highest BCUT2D eigenvalue weighted by Crippen LogP contribution is 2.50. The van der Waals surface area contributed by atoms with E-state index in [4.69, 9.17) is 14.7 Å². The molecule has 0 saturated heterocycles. The van der Waals surface area contributed by atoms with Crippen LogP contribution in [0.4, 0.5) is 22.7 Å². The Bertz CT molecular complexity index is 3530. The molecule has 6 nitrogen and oxygen atoms in total. The molecule has 3 aromatic heterocycles. The minimum Gasteiger partial charge on any atom is -0.457 e. The van der Waals surface area contributed by atoms with Crippen molar-refractivity contribution in [3.05, 3.63) is 185 Å². The first-order chi connectivity index (χ1) is 35.4. The number of rotatable bonds is 9. The molecule has 0 bridgehead atoms. The molecule has 0 radical (unpaired) electrons. The molecule has 9 rings (SSSR count). The van der Waals surface area contributed by atoms with E-state index >= 15 is 0 Å². The molecule has 3 heterocycles. The van der Waals surface area contributed by atoms with Crippen LogP contribution in [0.1, 0.15) is 158 Å². The van der Waals surface area contributed by atoms with Gasteiger partial charge in [-0.2, -0.15) is 0 Å². The highest BCUT2D eigenvalue weighted by Gasteiger charge is 2.30. The second-order valence-electron chi connectivity index (χ2n) is 27.2. The fourth-order valence-electron chi connectivity index (χ4n) is 10.3. The highest BCUT2D eigenvalue weighted by atomic mass is 16.5. The van der Waals surface area contributed by atoms with E-state index in [2.05, 4.69) is 261 Å². The van der Waals surface area contributed by atoms with E-state index in [0.29, 0.717) is 5.75 Å². The summed E-state index contributed by atoms with van der Waals surface area (Å²) < 4.78 is 9.02. The molecule has 0 saturated carbocycles. The summed E-state index contributed by atoms with van der Waals surface area (Å²) in [6.07, 6.45) is 5.71. The number of nitrogens with zero attached hydrogens (tertiary/aromatic N) is 3. The third kappa shape index (κ3) is 11.1. The van der Waals surface area contributed by atoms with Crippen molar-refractivity contribution < 1.29 is 4.74 Å². The smallest absolute Gasteiger partial charge is 0.137 e. The average Bonchev–Trinajstić information content (AvgIpc) is 3.67. The standard InChI is InChI=1S/C70H81N5O/c1-65(2,3)44-26-30-57(69(13,14)15)53(36-44)55-38-47(68(10,11)12)39-56(54-37-45(66(4,5)6)27-31-58(54)70(16,17)18)64(55)74-59-33-34-71-43-60(59)73-48-22-21-23-49(41-48)76-50-28-29-52-51-24-19-20-25-61(51)75(62(52)42-50)63-40-46(32-35-72-63)67(7,8)9/h19-43,73H,1-18H3,(H,71,74). The van der Waals surface area contributed by atoms with Crippen LogP contribution in [0.5, 0.6) is 11.5 Å². The Morgan fingerprint density at radius 3 is 1.51 bits per heavy atom. The van der Waals surface area contributed by atoms with E-state index in [1.807, 2.05) is 30.7 Å². The zero-order chi connectivity index (χ0) is 54.9. The highest BCUT2D eigenvalue weighted by molar-refractivity contribution is 6.09. The number of anilines is 4. The number of fused-ring (bicyclic) bond motifs is 3. The van der Waals surface area contributed by atoms with Crippen molar-refractivity contribution in [3.8, 4) is 39.6 Å². The molecule has 6 heteroatoms. The molecule has 0 aliphatic rings. The Hall–Kier alpha value is -7.18. The van der Waals surface area contributed by atoms with E-state index in [0.717, 1.165) is 50.7 Å². The maximum absolute atomic E-state index is 6.76. The first kappa shape index (κ1) is 53.6. The molecule has 2 N–H and O–H groups in total. The Labute approximate surface area is 454 Å². The summed E-state index contributed by atoms with van der Waals surface area (Å²) in [5, 5.41) is 10.2. The molecule has 0 fully saturated rings. The van der Waals surface area contributed by atoms with E-state index in [9.17, 15) is 0 Å². The second-order valence-corrected chi connectivity index (χ2v) is 27.2. The lowest BCUT2D eigenvalue weighted by Gasteiger charge is -2.32. The summed E-state index contributed by atoms with van der Waals surface area (Å²) in [6.45, 7) is 41.6. The van der Waals surface area contributed by atoms with Crippen LogP contribution in [0.3, 0.4) is 0 Å². The van der Waals surface area contributed by atoms with Gasteiger partial charge in [-0.05, 0) is 138 Å². The van der Waals surface area contributed by atoms with E-state index in [-0.39, 0.29) is 32.5 Å². The molecule has 0 aliphatic carbocycles. The van der Waals surface area contributed by atoms with Gasteiger partial charge in [0.15, 0.2) is 0 Å². The molecule has 9 aromatic rings. The van der Waals surface area contributed by atoms with Gasteiger partial charge in [-0.3, -0.25) is 9.55 Å². The van der Waals surface area contributed by atoms with Gasteiger partial charge in [-0.25, -0.2) is 4.98 Å². The van der Waals surface area contributed by atoms with Gasteiger partial charge in [0.05, 0.1) is 34.3 Å². The lowest BCUT2D eigenvalue weighted by molar-refractivity contribution is 0.483. The first-order valence-corrected chi connectivity index (χ1v) is 27.2. The molecule has 76 heavy (non-hydrogen) atoms. The van der Waals surface area contributed by atoms with Gasteiger partial charge in [-0.1, -0.05) is 185 Å². The quantitative estimate of drug-likeness (QED) is 0.151. The summed E-state index contributed by atoms with van der Waals surface area (Å²) in [6, 6.07) is 48.7. The van der Waals surface area contributed by atoms with Gasteiger partial charge in [0.25, 0.3) is 0 Å². The van der Waals surface area contributed by atoms with Gasteiger partial charge < -0.3 is 15.4 Å². The molecule has 6 aromatic carbocycles. The average molecular weight is 1010 g/mol. The fraction of sp³-hybridized carbons (Fsp3) is 0.343. The van der Waals surface area contributed by atoms with Crippen LogP contribution in [-0.4, -0.2) is 14.5 Å². The molecule has 0 atom stereocenters. The number of pyridine rings is 2. The van der Waals surface area contributed by atoms with Gasteiger partial charge in [0.1, 0.15) is 17.3 Å². The predicted octanol–water partition coefficient (Wildman–Crippen LogP) is 20.0. The Balaban J connectivity index is 1.17. The number of nitrogens with one attached hydrogen (secondary N) is 2. The van der Waals surface area contributed by atoms with E-state index < -0.39 is 0 Å². The summed E-state index contributed by atoms with van der Waals surface area (Å²) in [7, 11) is 0. The minimum absolute atomic E-state index is 0.0242. The predicted molar refractivity (Wildman–Crippen MR) is 325 cm³/mol. The zero-order valence-corrected chi connectivity index (χ0v) is 48.7. The molecular weight excluding hydrogens is 927 g/mol. The molecule has 392 valence electrons. The summed E-state index contributed by atoms with van der Waals surface area (Å²) in [5.74, 6) is 2.33. The molecular formula is C70H81N5O. The third-order valence-corrected chi connectivity index (χ3v) is 14.9. The SMILES string of the molecule is CC(C)(C)c1ccnc(-n2c3ccccc3c3ccc(Oc4cccc(Nc5cnccc5Nc5c(-c6cc(C(C)(C)C)ccc6C(C)(C)C)cc(C(C)(C)C)cc5-c5cc(C(C)(C)C)ccc5C(C)(C)C)c4)cc32)c1. The van der Waals surface area contributed by atoms with E-state index in [1.165, 1.54) is 61.0 Å². The van der Waals surface area contributed by atoms with Gasteiger partial charge in [0.2, 0.25) is 0 Å². The first-order valence-electron chi connectivity index (χ1n) is 27.2. The van der Waals surface area contributed by atoms with Crippen molar-refractivity contribution in [2.75, 3.05) is 10.6 Å². The summed E-state index contributed by atoms with van der Waals surface area (Å²) in [4.78, 5) is 9.61. The number of hydrogen-bond acceptors (Lipinski definition) is 5.